The molecule has 0 unspecified atom stereocenters. The lowest BCUT2D eigenvalue weighted by molar-refractivity contribution is -0.225. The molecule has 0 spiro atoms. The maximum Gasteiger partial charge on any atom is 0.302 e. The lowest BCUT2D eigenvalue weighted by Crippen LogP contribution is -2.64. The molecule has 166 valence electrons. The minimum Gasteiger partial charge on any atom is -0.463 e. The first-order valence-electron chi connectivity index (χ1n) is 11.4. The Morgan fingerprint density at radius 2 is 1.86 bits per heavy atom. The summed E-state index contributed by atoms with van der Waals surface area (Å²) in [5.41, 5.74) is -1.94. The van der Waals surface area contributed by atoms with Gasteiger partial charge in [0, 0.05) is 12.3 Å². The number of esters is 1. The van der Waals surface area contributed by atoms with Crippen molar-refractivity contribution in [1.29, 1.82) is 0 Å². The standard InChI is InChI=1S/C23H38O6/c1-13(24)29-12-19(27)23(28)9-7-17-16-5-4-14-10-15(25)6-8-21(14,2)20(16)18(26)11-22(17,23)3/h14-20,25-28H,4-12H2,1-3H3/t14-,15-,16-,17-,18-,19+,20+,21-,22-,23-/m0/s1. The third-order valence-corrected chi connectivity index (χ3v) is 9.78. The second kappa shape index (κ2) is 7.18. The van der Waals surface area contributed by atoms with Gasteiger partial charge in [0.1, 0.15) is 12.7 Å². The fraction of sp³-hybridized carbons (Fsp3) is 0.957. The van der Waals surface area contributed by atoms with E-state index >= 15 is 0 Å². The van der Waals surface area contributed by atoms with E-state index in [9.17, 15) is 25.2 Å². The zero-order valence-electron chi connectivity index (χ0n) is 18.0. The highest BCUT2D eigenvalue weighted by atomic mass is 16.5. The first-order valence-corrected chi connectivity index (χ1v) is 11.4. The molecule has 0 aromatic rings. The number of ether oxygens (including phenoxy) is 1. The molecule has 0 saturated heterocycles. The Balaban J connectivity index is 1.61. The molecule has 0 heterocycles. The lowest BCUT2D eigenvalue weighted by atomic mass is 9.43. The second-order valence-electron chi connectivity index (χ2n) is 11.0. The maximum absolute atomic E-state index is 11.6. The van der Waals surface area contributed by atoms with Crippen LogP contribution in [0.15, 0.2) is 0 Å². The van der Waals surface area contributed by atoms with E-state index in [-0.39, 0.29) is 30.0 Å². The Kier molecular flexibility index (Phi) is 5.33. The molecular weight excluding hydrogens is 372 g/mol. The van der Waals surface area contributed by atoms with Crippen molar-refractivity contribution in [2.45, 2.75) is 96.1 Å². The van der Waals surface area contributed by atoms with Crippen LogP contribution in [0.1, 0.15) is 72.1 Å². The SMILES string of the molecule is CC(=O)OC[C@@H](O)[C@@]1(O)CC[C@H]2[C@@H]3CC[C@H]4C[C@@H](O)CC[C@]4(C)[C@H]3[C@@H](O)C[C@@]21C. The fourth-order valence-corrected chi connectivity index (χ4v) is 8.28. The first kappa shape index (κ1) is 21.5. The summed E-state index contributed by atoms with van der Waals surface area (Å²) in [6.45, 7) is 5.41. The number of rotatable bonds is 3. The average molecular weight is 411 g/mol. The van der Waals surface area contributed by atoms with Gasteiger partial charge in [0.15, 0.2) is 0 Å². The molecule has 4 fully saturated rings. The maximum atomic E-state index is 11.6. The van der Waals surface area contributed by atoms with Crippen molar-refractivity contribution in [3.63, 3.8) is 0 Å². The van der Waals surface area contributed by atoms with Crippen LogP contribution in [0, 0.1) is 34.5 Å². The summed E-state index contributed by atoms with van der Waals surface area (Å²) in [7, 11) is 0. The largest absolute Gasteiger partial charge is 0.463 e. The van der Waals surface area contributed by atoms with Gasteiger partial charge in [-0.15, -0.1) is 0 Å². The van der Waals surface area contributed by atoms with E-state index in [0.29, 0.717) is 24.7 Å². The topological polar surface area (TPSA) is 107 Å². The second-order valence-corrected chi connectivity index (χ2v) is 11.0. The Morgan fingerprint density at radius 3 is 2.55 bits per heavy atom. The van der Waals surface area contributed by atoms with Gasteiger partial charge in [0.2, 0.25) is 0 Å². The highest BCUT2D eigenvalue weighted by Crippen LogP contribution is 2.68. The van der Waals surface area contributed by atoms with Crippen LogP contribution in [0.3, 0.4) is 0 Å². The summed E-state index contributed by atoms with van der Waals surface area (Å²) in [6.07, 6.45) is 4.48. The minimum absolute atomic E-state index is 0.0277. The Labute approximate surface area is 173 Å². The van der Waals surface area contributed by atoms with Crippen LogP contribution in [0.2, 0.25) is 0 Å². The fourth-order valence-electron chi connectivity index (χ4n) is 8.28. The number of carbonyl (C=O) groups is 1. The van der Waals surface area contributed by atoms with Gasteiger partial charge in [-0.3, -0.25) is 4.79 Å². The molecule has 0 aromatic heterocycles. The Hall–Kier alpha value is -0.690. The van der Waals surface area contributed by atoms with E-state index in [1.807, 2.05) is 6.92 Å². The molecule has 0 radical (unpaired) electrons. The predicted molar refractivity (Wildman–Crippen MR) is 107 cm³/mol. The van der Waals surface area contributed by atoms with Gasteiger partial charge in [-0.1, -0.05) is 13.8 Å². The molecule has 0 bridgehead atoms. The van der Waals surface area contributed by atoms with Crippen LogP contribution in [-0.2, 0) is 9.53 Å². The molecule has 0 aliphatic heterocycles. The minimum atomic E-state index is -1.36. The average Bonchev–Trinajstić information content (AvgIpc) is 2.91. The van der Waals surface area contributed by atoms with Crippen LogP contribution in [0.25, 0.3) is 0 Å². The van der Waals surface area contributed by atoms with Crippen molar-refractivity contribution in [3.05, 3.63) is 0 Å². The lowest BCUT2D eigenvalue weighted by Gasteiger charge is -2.63. The van der Waals surface area contributed by atoms with E-state index in [1.165, 1.54) is 6.92 Å². The van der Waals surface area contributed by atoms with Gasteiger partial charge < -0.3 is 25.2 Å². The first-order chi connectivity index (χ1) is 13.5. The third-order valence-electron chi connectivity index (χ3n) is 9.78. The normalized spacial score (nSPS) is 52.8. The van der Waals surface area contributed by atoms with E-state index in [1.54, 1.807) is 0 Å². The van der Waals surface area contributed by atoms with Crippen molar-refractivity contribution < 1.29 is 30.0 Å². The number of aliphatic hydroxyl groups excluding tert-OH is 3. The Morgan fingerprint density at radius 1 is 1.14 bits per heavy atom. The monoisotopic (exact) mass is 410 g/mol. The van der Waals surface area contributed by atoms with Gasteiger partial charge in [-0.05, 0) is 80.5 Å². The summed E-state index contributed by atoms with van der Waals surface area (Å²) >= 11 is 0. The predicted octanol–water partition coefficient (Wildman–Crippen LogP) is 2.02. The summed E-state index contributed by atoms with van der Waals surface area (Å²) in [5.74, 6) is 0.704. The van der Waals surface area contributed by atoms with Crippen molar-refractivity contribution >= 4 is 5.97 Å². The zero-order valence-corrected chi connectivity index (χ0v) is 18.0. The highest BCUT2D eigenvalue weighted by molar-refractivity contribution is 5.65. The van der Waals surface area contributed by atoms with Crippen LogP contribution >= 0.6 is 0 Å². The van der Waals surface area contributed by atoms with E-state index in [0.717, 1.165) is 38.5 Å². The molecule has 10 atom stereocenters. The number of fused-ring (bicyclic) bond motifs is 5. The van der Waals surface area contributed by atoms with Crippen molar-refractivity contribution in [1.82, 2.24) is 0 Å². The molecule has 4 rings (SSSR count). The number of hydrogen-bond acceptors (Lipinski definition) is 6. The summed E-state index contributed by atoms with van der Waals surface area (Å²) in [6, 6.07) is 0. The smallest absolute Gasteiger partial charge is 0.302 e. The molecule has 4 saturated carbocycles. The third kappa shape index (κ3) is 3.08. The van der Waals surface area contributed by atoms with E-state index in [4.69, 9.17) is 4.74 Å². The van der Waals surface area contributed by atoms with Gasteiger partial charge in [-0.2, -0.15) is 0 Å². The molecule has 0 amide bonds. The van der Waals surface area contributed by atoms with Crippen molar-refractivity contribution in [3.8, 4) is 0 Å². The molecular formula is C23H38O6. The summed E-state index contributed by atoms with van der Waals surface area (Å²) < 4.78 is 5.00. The van der Waals surface area contributed by atoms with E-state index < -0.39 is 29.2 Å². The molecule has 6 heteroatoms. The molecule has 6 nitrogen and oxygen atoms in total. The molecule has 0 aromatic carbocycles. The van der Waals surface area contributed by atoms with Gasteiger partial charge in [0.05, 0.1) is 17.8 Å². The van der Waals surface area contributed by atoms with Crippen LogP contribution in [-0.4, -0.2) is 56.9 Å². The van der Waals surface area contributed by atoms with Crippen molar-refractivity contribution in [2.75, 3.05) is 6.61 Å². The summed E-state index contributed by atoms with van der Waals surface area (Å²) in [5, 5.41) is 43.9. The number of aliphatic hydroxyl groups is 4. The number of hydrogen-bond donors (Lipinski definition) is 4. The number of carbonyl (C=O) groups excluding carboxylic acids is 1. The highest BCUT2D eigenvalue weighted by Gasteiger charge is 2.68. The molecule has 4 N–H and O–H groups in total. The van der Waals surface area contributed by atoms with Crippen LogP contribution in [0.5, 0.6) is 0 Å². The Bertz CT molecular complexity index is 653. The van der Waals surface area contributed by atoms with Crippen LogP contribution < -0.4 is 0 Å². The van der Waals surface area contributed by atoms with Gasteiger partial charge >= 0.3 is 5.97 Å². The zero-order chi connectivity index (χ0) is 21.2. The molecule has 4 aliphatic rings. The van der Waals surface area contributed by atoms with E-state index in [2.05, 4.69) is 6.92 Å². The molecule has 29 heavy (non-hydrogen) atoms. The summed E-state index contributed by atoms with van der Waals surface area (Å²) in [4.78, 5) is 11.2. The molecule has 4 aliphatic carbocycles. The van der Waals surface area contributed by atoms with Gasteiger partial charge in [-0.25, -0.2) is 0 Å². The van der Waals surface area contributed by atoms with Gasteiger partial charge in [0.25, 0.3) is 0 Å². The quantitative estimate of drug-likeness (QED) is 0.530. The van der Waals surface area contributed by atoms with Crippen LogP contribution in [0.4, 0.5) is 0 Å². The van der Waals surface area contributed by atoms with Crippen molar-refractivity contribution in [2.24, 2.45) is 34.5 Å².